The minimum absolute atomic E-state index is 0.140. The maximum absolute atomic E-state index is 9.72. The summed E-state index contributed by atoms with van der Waals surface area (Å²) >= 11 is 1.77. The van der Waals surface area contributed by atoms with Gasteiger partial charge >= 0.3 is 0 Å². The van der Waals surface area contributed by atoms with Crippen LogP contribution in [0.3, 0.4) is 0 Å². The summed E-state index contributed by atoms with van der Waals surface area (Å²) in [6.07, 6.45) is 1.91. The second-order valence-electron chi connectivity index (χ2n) is 17.7. The molecule has 2 aromatic heterocycles. The molecule has 11 aromatic carbocycles. The first-order valence-electron chi connectivity index (χ1n) is 23.5. The van der Waals surface area contributed by atoms with Crippen LogP contribution >= 0.6 is 11.3 Å². The van der Waals surface area contributed by atoms with Gasteiger partial charge in [-0.25, -0.2) is 9.98 Å². The van der Waals surface area contributed by atoms with Crippen LogP contribution in [0, 0.1) is 5.41 Å². The van der Waals surface area contributed by atoms with Crippen molar-refractivity contribution in [3.05, 3.63) is 259 Å². The molecule has 0 atom stereocenters. The summed E-state index contributed by atoms with van der Waals surface area (Å²) in [5, 5.41) is 19.1. The number of amidine groups is 2. The Bertz CT molecular complexity index is 4230. The van der Waals surface area contributed by atoms with Crippen molar-refractivity contribution in [3.63, 3.8) is 0 Å². The van der Waals surface area contributed by atoms with E-state index < -0.39 is 0 Å². The Labute approximate surface area is 408 Å². The van der Waals surface area contributed by atoms with Gasteiger partial charge in [0.2, 0.25) is 0 Å². The minimum atomic E-state index is 0.140. The Kier molecular flexibility index (Phi) is 10.1. The topological polar surface area (TPSA) is 53.5 Å². The highest BCUT2D eigenvalue weighted by atomic mass is 32.1. The average Bonchev–Trinajstić information content (AvgIpc) is 3.98. The number of nitrogens with zero attached hydrogens (tertiary/aromatic N) is 3. The summed E-state index contributed by atoms with van der Waals surface area (Å²) in [4.78, 5) is 10.4. The standard InChI is InChI=1S/C65H42N4S/c66-64(54-26-12-11-24-52(54)47-31-29-44(30-32-47)42-15-3-1-4-16-42)68-65(67-41-49-22-13-21-45-19-7-9-23-51(45)49)56-27-14-28-60-63(56)55-36-35-50(40-61(55)70-60)69-58-37-34-48(43-17-5-2-6-18-43)39-57(58)62-53-25-10-8-20-46(53)33-38-59(62)69/h1-41,66H/b66-64?,67-41+,68-65-. The highest BCUT2D eigenvalue weighted by Crippen LogP contribution is 2.42. The summed E-state index contributed by atoms with van der Waals surface area (Å²) < 4.78 is 4.71. The molecule has 328 valence electrons. The van der Waals surface area contributed by atoms with Crippen LogP contribution in [0.2, 0.25) is 0 Å². The fraction of sp³-hybridized carbons (Fsp3) is 0. The number of rotatable bonds is 7. The van der Waals surface area contributed by atoms with Gasteiger partial charge in [-0.2, -0.15) is 0 Å². The third kappa shape index (κ3) is 7.19. The highest BCUT2D eigenvalue weighted by Gasteiger charge is 2.20. The number of aliphatic imine (C=N–C) groups is 2. The number of fused-ring (bicyclic) bond motifs is 9. The van der Waals surface area contributed by atoms with Gasteiger partial charge in [0.05, 0.1) is 11.0 Å². The quantitative estimate of drug-likeness (QED) is 0.122. The van der Waals surface area contributed by atoms with E-state index in [-0.39, 0.29) is 5.84 Å². The highest BCUT2D eigenvalue weighted by molar-refractivity contribution is 7.26. The maximum atomic E-state index is 9.72. The molecular formula is C65H42N4S. The van der Waals surface area contributed by atoms with Crippen molar-refractivity contribution < 1.29 is 0 Å². The first kappa shape index (κ1) is 41.2. The normalized spacial score (nSPS) is 12.1. The van der Waals surface area contributed by atoms with E-state index in [1.807, 2.05) is 30.5 Å². The molecule has 5 heteroatoms. The first-order chi connectivity index (χ1) is 34.6. The third-order valence-corrected chi connectivity index (χ3v) is 14.7. The van der Waals surface area contributed by atoms with Crippen molar-refractivity contribution in [1.29, 1.82) is 5.41 Å². The second kappa shape index (κ2) is 17.2. The smallest absolute Gasteiger partial charge is 0.162 e. The molecule has 0 radical (unpaired) electrons. The molecule has 0 aliphatic rings. The summed E-state index contributed by atoms with van der Waals surface area (Å²) in [6.45, 7) is 0. The zero-order valence-corrected chi connectivity index (χ0v) is 38.7. The fourth-order valence-corrected chi connectivity index (χ4v) is 11.4. The Morgan fingerprint density at radius 1 is 0.414 bits per heavy atom. The van der Waals surface area contributed by atoms with Crippen LogP contribution in [0.1, 0.15) is 16.7 Å². The van der Waals surface area contributed by atoms with E-state index in [0.29, 0.717) is 5.84 Å². The lowest BCUT2D eigenvalue weighted by Gasteiger charge is -2.11. The third-order valence-electron chi connectivity index (χ3n) is 13.6. The number of aromatic nitrogens is 1. The van der Waals surface area contributed by atoms with Crippen molar-refractivity contribution in [2.75, 3.05) is 0 Å². The summed E-state index contributed by atoms with van der Waals surface area (Å²) in [5.74, 6) is 0.617. The molecule has 0 saturated heterocycles. The van der Waals surface area contributed by atoms with Gasteiger partial charge in [0.1, 0.15) is 0 Å². The molecule has 70 heavy (non-hydrogen) atoms. The van der Waals surface area contributed by atoms with E-state index in [0.717, 1.165) is 81.1 Å². The van der Waals surface area contributed by atoms with Gasteiger partial charge in [-0.3, -0.25) is 5.41 Å². The number of nitrogens with one attached hydrogen (secondary N) is 1. The van der Waals surface area contributed by atoms with Crippen molar-refractivity contribution in [1.82, 2.24) is 4.57 Å². The van der Waals surface area contributed by atoms with Crippen LogP contribution in [0.25, 0.3) is 103 Å². The van der Waals surface area contributed by atoms with E-state index in [1.165, 1.54) is 38.2 Å². The lowest BCUT2D eigenvalue weighted by molar-refractivity contribution is 1.19. The Morgan fingerprint density at radius 2 is 1.03 bits per heavy atom. The van der Waals surface area contributed by atoms with Gasteiger partial charge in [0.25, 0.3) is 0 Å². The molecule has 13 rings (SSSR count). The Morgan fingerprint density at radius 3 is 1.84 bits per heavy atom. The number of thiophene rings is 1. The summed E-state index contributed by atoms with van der Waals surface area (Å²) in [7, 11) is 0. The molecule has 0 bridgehead atoms. The zero-order chi connectivity index (χ0) is 46.5. The summed E-state index contributed by atoms with van der Waals surface area (Å²) in [5.41, 5.74) is 12.7. The molecule has 0 fully saturated rings. The molecule has 4 nitrogen and oxygen atoms in total. The molecule has 0 spiro atoms. The summed E-state index contributed by atoms with van der Waals surface area (Å²) in [6, 6.07) is 85.6. The van der Waals surface area contributed by atoms with Crippen molar-refractivity contribution in [3.8, 4) is 39.1 Å². The van der Waals surface area contributed by atoms with Gasteiger partial charge in [0, 0.05) is 59.5 Å². The Hall–Kier alpha value is -9.03. The SMILES string of the molecule is N=C(/N=C(\N=C\c1cccc2ccccc12)c1cccc2sc3cc(-n4c5ccc(-c6ccccc6)cc5c5c6ccccc6ccc54)ccc3c12)c1ccccc1-c1ccc(-c2ccccc2)cc1. The molecule has 2 heterocycles. The Balaban J connectivity index is 0.960. The van der Waals surface area contributed by atoms with E-state index in [2.05, 4.69) is 223 Å². The van der Waals surface area contributed by atoms with Crippen LogP contribution < -0.4 is 0 Å². The molecule has 0 amide bonds. The van der Waals surface area contributed by atoms with Crippen LogP contribution in [-0.2, 0) is 0 Å². The molecule has 1 N–H and O–H groups in total. The van der Waals surface area contributed by atoms with Crippen LogP contribution in [0.5, 0.6) is 0 Å². The number of hydrogen-bond donors (Lipinski definition) is 1. The van der Waals surface area contributed by atoms with Gasteiger partial charge in [-0.1, -0.05) is 206 Å². The maximum Gasteiger partial charge on any atom is 0.162 e. The van der Waals surface area contributed by atoms with Crippen molar-refractivity contribution >= 4 is 92.7 Å². The molecule has 0 unspecified atom stereocenters. The number of hydrogen-bond acceptors (Lipinski definition) is 2. The molecule has 13 aromatic rings. The monoisotopic (exact) mass is 910 g/mol. The molecule has 0 saturated carbocycles. The predicted molar refractivity (Wildman–Crippen MR) is 299 cm³/mol. The molecule has 0 aliphatic carbocycles. The predicted octanol–water partition coefficient (Wildman–Crippen LogP) is 17.4. The van der Waals surface area contributed by atoms with Crippen LogP contribution in [0.4, 0.5) is 0 Å². The molecular weight excluding hydrogens is 869 g/mol. The second-order valence-corrected chi connectivity index (χ2v) is 18.8. The van der Waals surface area contributed by atoms with E-state index in [1.54, 1.807) is 11.3 Å². The first-order valence-corrected chi connectivity index (χ1v) is 24.4. The molecule has 0 aliphatic heterocycles. The number of benzene rings is 11. The minimum Gasteiger partial charge on any atom is -0.309 e. The zero-order valence-electron chi connectivity index (χ0n) is 37.9. The van der Waals surface area contributed by atoms with Gasteiger partial charge in [-0.05, 0) is 91.3 Å². The van der Waals surface area contributed by atoms with Crippen LogP contribution in [-0.4, -0.2) is 22.5 Å². The van der Waals surface area contributed by atoms with E-state index in [9.17, 15) is 5.41 Å². The average molecular weight is 911 g/mol. The van der Waals surface area contributed by atoms with E-state index >= 15 is 0 Å². The van der Waals surface area contributed by atoms with Gasteiger partial charge in [-0.15, -0.1) is 11.3 Å². The lowest BCUT2D eigenvalue weighted by Crippen LogP contribution is -2.06. The van der Waals surface area contributed by atoms with Gasteiger partial charge in [0.15, 0.2) is 11.7 Å². The van der Waals surface area contributed by atoms with E-state index in [4.69, 9.17) is 9.98 Å². The van der Waals surface area contributed by atoms with Gasteiger partial charge < -0.3 is 4.57 Å². The van der Waals surface area contributed by atoms with Crippen molar-refractivity contribution in [2.24, 2.45) is 9.98 Å². The fourth-order valence-electron chi connectivity index (χ4n) is 10.3. The largest absolute Gasteiger partial charge is 0.309 e. The van der Waals surface area contributed by atoms with Crippen molar-refractivity contribution in [2.45, 2.75) is 0 Å². The van der Waals surface area contributed by atoms with Crippen LogP contribution in [0.15, 0.2) is 253 Å². The lowest BCUT2D eigenvalue weighted by atomic mass is 9.96.